The zero-order chi connectivity index (χ0) is 19.9. The molecule has 0 aliphatic carbocycles. The molecule has 2 aromatic rings. The van der Waals surface area contributed by atoms with Crippen molar-refractivity contribution in [1.82, 2.24) is 20.7 Å². The third-order valence-electron chi connectivity index (χ3n) is 4.30. The summed E-state index contributed by atoms with van der Waals surface area (Å²) in [5.74, 6) is 0.0244. The number of rotatable bonds is 6. The predicted molar refractivity (Wildman–Crippen MR) is 99.3 cm³/mol. The number of nitrogens with one attached hydrogen (secondary N) is 2. The van der Waals surface area contributed by atoms with Gasteiger partial charge in [0.1, 0.15) is 5.75 Å². The molecule has 1 aliphatic heterocycles. The Hall–Kier alpha value is -3.49. The highest BCUT2D eigenvalue weighted by Crippen LogP contribution is 2.13. The molecule has 1 aromatic heterocycles. The largest absolute Gasteiger partial charge is 0.497 e. The van der Waals surface area contributed by atoms with Crippen LogP contribution in [0.3, 0.4) is 0 Å². The molecule has 2 N–H and O–H groups in total. The van der Waals surface area contributed by atoms with E-state index in [-0.39, 0.29) is 24.2 Å². The number of hydrazine groups is 1. The van der Waals surface area contributed by atoms with Gasteiger partial charge in [0, 0.05) is 19.6 Å². The number of hydrogen-bond acceptors (Lipinski definition) is 5. The Morgan fingerprint density at radius 2 is 1.82 bits per heavy atom. The van der Waals surface area contributed by atoms with E-state index in [2.05, 4.69) is 10.6 Å². The Morgan fingerprint density at radius 1 is 1.07 bits per heavy atom. The van der Waals surface area contributed by atoms with Gasteiger partial charge in [-0.1, -0.05) is 12.1 Å². The van der Waals surface area contributed by atoms with Gasteiger partial charge in [-0.3, -0.25) is 9.59 Å². The van der Waals surface area contributed by atoms with Crippen molar-refractivity contribution in [3.8, 4) is 5.75 Å². The summed E-state index contributed by atoms with van der Waals surface area (Å²) >= 11 is 0. The first kappa shape index (κ1) is 19.3. The van der Waals surface area contributed by atoms with Gasteiger partial charge in [-0.05, 0) is 36.2 Å². The molecule has 4 amide bonds. The van der Waals surface area contributed by atoms with Gasteiger partial charge in [-0.15, -0.1) is 0 Å². The SMILES string of the molecule is COc1ccc(CNC(=O)N2CCCN2C(=O)CNC(=O)c2ccco2)cc1. The molecule has 9 heteroatoms. The molecule has 1 fully saturated rings. The lowest BCUT2D eigenvalue weighted by Gasteiger charge is -2.28. The van der Waals surface area contributed by atoms with E-state index in [0.717, 1.165) is 11.3 Å². The normalized spacial score (nSPS) is 13.3. The number of urea groups is 1. The number of nitrogens with zero attached hydrogens (tertiary/aromatic N) is 2. The minimum Gasteiger partial charge on any atom is -0.497 e. The number of methoxy groups -OCH3 is 1. The van der Waals surface area contributed by atoms with Crippen LogP contribution in [0.2, 0.25) is 0 Å². The molecule has 148 valence electrons. The van der Waals surface area contributed by atoms with Gasteiger partial charge in [0.2, 0.25) is 0 Å². The van der Waals surface area contributed by atoms with Gasteiger partial charge in [-0.2, -0.15) is 0 Å². The van der Waals surface area contributed by atoms with Crippen LogP contribution in [0, 0.1) is 0 Å². The van der Waals surface area contributed by atoms with E-state index >= 15 is 0 Å². The van der Waals surface area contributed by atoms with E-state index in [4.69, 9.17) is 9.15 Å². The summed E-state index contributed by atoms with van der Waals surface area (Å²) in [5, 5.41) is 8.02. The molecular formula is C19H22N4O5. The van der Waals surface area contributed by atoms with Crippen LogP contribution in [0.15, 0.2) is 47.1 Å². The molecule has 1 saturated heterocycles. The number of hydrogen-bond donors (Lipinski definition) is 2. The molecule has 0 spiro atoms. The molecule has 3 rings (SSSR count). The van der Waals surface area contributed by atoms with Gasteiger partial charge in [-0.25, -0.2) is 14.8 Å². The van der Waals surface area contributed by atoms with E-state index in [1.807, 2.05) is 24.3 Å². The number of carbonyl (C=O) groups is 3. The topological polar surface area (TPSA) is 104 Å². The van der Waals surface area contributed by atoms with E-state index in [9.17, 15) is 14.4 Å². The zero-order valence-electron chi connectivity index (χ0n) is 15.5. The molecule has 0 saturated carbocycles. The highest BCUT2D eigenvalue weighted by molar-refractivity contribution is 5.94. The Bertz CT molecular complexity index is 819. The van der Waals surface area contributed by atoms with E-state index in [0.29, 0.717) is 26.1 Å². The van der Waals surface area contributed by atoms with Crippen LogP contribution in [-0.2, 0) is 11.3 Å². The van der Waals surface area contributed by atoms with Crippen LogP contribution in [0.1, 0.15) is 22.5 Å². The van der Waals surface area contributed by atoms with Gasteiger partial charge in [0.25, 0.3) is 11.8 Å². The third-order valence-corrected chi connectivity index (χ3v) is 4.30. The second-order valence-electron chi connectivity index (χ2n) is 6.16. The van der Waals surface area contributed by atoms with Crippen molar-refractivity contribution in [2.45, 2.75) is 13.0 Å². The average Bonchev–Trinajstić information content (AvgIpc) is 3.42. The summed E-state index contributed by atoms with van der Waals surface area (Å²) in [6.45, 7) is 0.968. The molecule has 0 atom stereocenters. The fourth-order valence-corrected chi connectivity index (χ4v) is 2.84. The molecule has 0 unspecified atom stereocenters. The molecule has 0 radical (unpaired) electrons. The van der Waals surface area contributed by atoms with Crippen LogP contribution in [0.25, 0.3) is 0 Å². The number of benzene rings is 1. The van der Waals surface area contributed by atoms with Gasteiger partial charge < -0.3 is 19.8 Å². The highest BCUT2D eigenvalue weighted by Gasteiger charge is 2.30. The molecule has 9 nitrogen and oxygen atoms in total. The van der Waals surface area contributed by atoms with Crippen molar-refractivity contribution in [3.63, 3.8) is 0 Å². The predicted octanol–water partition coefficient (Wildman–Crippen LogP) is 1.38. The molecule has 0 bridgehead atoms. The van der Waals surface area contributed by atoms with Gasteiger partial charge in [0.15, 0.2) is 5.76 Å². The summed E-state index contributed by atoms with van der Waals surface area (Å²) in [5.41, 5.74) is 0.914. The lowest BCUT2D eigenvalue weighted by Crippen LogP contribution is -2.51. The smallest absolute Gasteiger partial charge is 0.336 e. The van der Waals surface area contributed by atoms with Crippen molar-refractivity contribution < 1.29 is 23.5 Å². The summed E-state index contributed by atoms with van der Waals surface area (Å²) < 4.78 is 10.1. The van der Waals surface area contributed by atoms with Crippen LogP contribution < -0.4 is 15.4 Å². The zero-order valence-corrected chi connectivity index (χ0v) is 15.5. The summed E-state index contributed by atoms with van der Waals surface area (Å²) in [6, 6.07) is 10.1. The Morgan fingerprint density at radius 3 is 2.50 bits per heavy atom. The van der Waals surface area contributed by atoms with E-state index in [1.165, 1.54) is 22.3 Å². The molecule has 1 aromatic carbocycles. The fraction of sp³-hybridized carbons (Fsp3) is 0.316. The quantitative estimate of drug-likeness (QED) is 0.781. The number of ether oxygens (including phenoxy) is 1. The van der Waals surface area contributed by atoms with E-state index in [1.54, 1.807) is 13.2 Å². The lowest BCUT2D eigenvalue weighted by atomic mass is 10.2. The fourth-order valence-electron chi connectivity index (χ4n) is 2.84. The van der Waals surface area contributed by atoms with Crippen LogP contribution in [0.5, 0.6) is 5.75 Å². The maximum atomic E-state index is 12.5. The van der Waals surface area contributed by atoms with Crippen LogP contribution in [-0.4, -0.2) is 54.6 Å². The summed E-state index contributed by atoms with van der Waals surface area (Å²) in [4.78, 5) is 36.8. The Labute approximate surface area is 162 Å². The third kappa shape index (κ3) is 4.61. The second-order valence-corrected chi connectivity index (χ2v) is 6.16. The molecule has 1 aliphatic rings. The van der Waals surface area contributed by atoms with Crippen LogP contribution in [0.4, 0.5) is 4.79 Å². The molecular weight excluding hydrogens is 364 g/mol. The van der Waals surface area contributed by atoms with E-state index < -0.39 is 5.91 Å². The minimum absolute atomic E-state index is 0.128. The monoisotopic (exact) mass is 386 g/mol. The first-order chi connectivity index (χ1) is 13.6. The molecule has 28 heavy (non-hydrogen) atoms. The van der Waals surface area contributed by atoms with Gasteiger partial charge in [0.05, 0.1) is 19.9 Å². The van der Waals surface area contributed by atoms with Crippen molar-refractivity contribution in [2.24, 2.45) is 0 Å². The number of amides is 4. The van der Waals surface area contributed by atoms with Crippen molar-refractivity contribution in [3.05, 3.63) is 54.0 Å². The maximum absolute atomic E-state index is 12.5. The second kappa shape index (κ2) is 8.94. The summed E-state index contributed by atoms with van der Waals surface area (Å²) in [6.07, 6.45) is 2.06. The highest BCUT2D eigenvalue weighted by atomic mass is 16.5. The Balaban J connectivity index is 1.50. The number of carbonyl (C=O) groups excluding carboxylic acids is 3. The minimum atomic E-state index is -0.479. The van der Waals surface area contributed by atoms with Crippen LogP contribution >= 0.6 is 0 Å². The van der Waals surface area contributed by atoms with Gasteiger partial charge >= 0.3 is 6.03 Å². The Kier molecular flexibility index (Phi) is 6.15. The first-order valence-electron chi connectivity index (χ1n) is 8.89. The van der Waals surface area contributed by atoms with Crippen molar-refractivity contribution >= 4 is 17.8 Å². The standard InChI is InChI=1S/C19H22N4O5/c1-27-15-7-5-14(6-8-15)12-21-19(26)23-10-3-9-22(23)17(24)13-20-18(25)16-4-2-11-28-16/h2,4-8,11H,3,9-10,12-13H2,1H3,(H,20,25)(H,21,26). The first-order valence-corrected chi connectivity index (χ1v) is 8.89. The number of furan rings is 1. The summed E-state index contributed by atoms with van der Waals surface area (Å²) in [7, 11) is 1.59. The van der Waals surface area contributed by atoms with Crippen molar-refractivity contribution in [2.75, 3.05) is 26.7 Å². The van der Waals surface area contributed by atoms with Crippen molar-refractivity contribution in [1.29, 1.82) is 0 Å². The maximum Gasteiger partial charge on any atom is 0.336 e. The lowest BCUT2D eigenvalue weighted by molar-refractivity contribution is -0.138. The molecule has 2 heterocycles. The average molecular weight is 386 g/mol.